The lowest BCUT2D eigenvalue weighted by atomic mass is 9.85. The van der Waals surface area contributed by atoms with Gasteiger partial charge in [-0.15, -0.1) is 0 Å². The van der Waals surface area contributed by atoms with E-state index in [0.29, 0.717) is 12.8 Å². The molecule has 0 radical (unpaired) electrons. The molecule has 0 heterocycles. The van der Waals surface area contributed by atoms with Crippen LogP contribution in [-0.4, -0.2) is 98.3 Å². The molecule has 0 saturated heterocycles. The summed E-state index contributed by atoms with van der Waals surface area (Å²) in [5, 5.41) is 50.1. The van der Waals surface area contributed by atoms with Gasteiger partial charge in [-0.25, -0.2) is 4.57 Å². The number of aliphatic hydroxyl groups is 5. The van der Waals surface area contributed by atoms with Crippen molar-refractivity contribution < 1.29 is 63.1 Å². The summed E-state index contributed by atoms with van der Waals surface area (Å²) in [4.78, 5) is 35.6. The Labute approximate surface area is 353 Å². The fraction of sp³-hybridized carbons (Fsp3) is 0.733. The van der Waals surface area contributed by atoms with Crippen LogP contribution in [0.4, 0.5) is 0 Å². The summed E-state index contributed by atoms with van der Waals surface area (Å²) in [6, 6.07) is 0. The van der Waals surface area contributed by atoms with Crippen LogP contribution in [0.1, 0.15) is 155 Å². The lowest BCUT2D eigenvalue weighted by Crippen LogP contribution is -2.64. The summed E-state index contributed by atoms with van der Waals surface area (Å²) in [5.41, 5.74) is 0. The highest BCUT2D eigenvalue weighted by Crippen LogP contribution is 2.47. The Morgan fingerprint density at radius 3 is 1.59 bits per heavy atom. The second-order valence-corrected chi connectivity index (χ2v) is 16.7. The molecule has 14 heteroatoms. The molecule has 1 rings (SSSR count). The molecule has 13 nitrogen and oxygen atoms in total. The number of esters is 2. The first-order valence-electron chi connectivity index (χ1n) is 22.1. The van der Waals surface area contributed by atoms with Crippen molar-refractivity contribution >= 4 is 19.8 Å². The lowest BCUT2D eigenvalue weighted by Gasteiger charge is -2.41. The van der Waals surface area contributed by atoms with Crippen molar-refractivity contribution in [1.29, 1.82) is 0 Å². The van der Waals surface area contributed by atoms with Gasteiger partial charge >= 0.3 is 19.8 Å². The molecule has 59 heavy (non-hydrogen) atoms. The molecule has 0 spiro atoms. The zero-order chi connectivity index (χ0) is 43.6. The Morgan fingerprint density at radius 2 is 1.02 bits per heavy atom. The van der Waals surface area contributed by atoms with Gasteiger partial charge in [0.1, 0.15) is 43.2 Å². The monoisotopic (exact) mass is 857 g/mol. The third kappa shape index (κ3) is 27.9. The topological polar surface area (TPSA) is 210 Å². The van der Waals surface area contributed by atoms with Crippen molar-refractivity contribution in [1.82, 2.24) is 0 Å². The lowest BCUT2D eigenvalue weighted by molar-refractivity contribution is -0.220. The van der Waals surface area contributed by atoms with Crippen LogP contribution in [0.25, 0.3) is 0 Å². The number of phosphoric ester groups is 1. The number of phosphoric acid groups is 1. The summed E-state index contributed by atoms with van der Waals surface area (Å²) in [5.74, 6) is -1.19. The largest absolute Gasteiger partial charge is 0.472 e. The third-order valence-electron chi connectivity index (χ3n) is 9.95. The summed E-state index contributed by atoms with van der Waals surface area (Å²) >= 11 is 0. The highest BCUT2D eigenvalue weighted by Gasteiger charge is 2.51. The molecule has 6 unspecified atom stereocenters. The van der Waals surface area contributed by atoms with E-state index in [1.807, 2.05) is 42.5 Å². The van der Waals surface area contributed by atoms with Gasteiger partial charge in [-0.05, 0) is 44.9 Å². The average molecular weight is 857 g/mol. The minimum atomic E-state index is -5.13. The van der Waals surface area contributed by atoms with Crippen LogP contribution in [0.5, 0.6) is 0 Å². The minimum absolute atomic E-state index is 0.0614. The molecule has 0 aromatic heterocycles. The molecule has 0 aromatic carbocycles. The van der Waals surface area contributed by atoms with E-state index in [1.54, 1.807) is 0 Å². The highest BCUT2D eigenvalue weighted by molar-refractivity contribution is 7.47. The Hall–Kier alpha value is -2.45. The van der Waals surface area contributed by atoms with Gasteiger partial charge in [0.15, 0.2) is 6.10 Å². The second-order valence-electron chi connectivity index (χ2n) is 15.3. The van der Waals surface area contributed by atoms with Crippen molar-refractivity contribution in [3.63, 3.8) is 0 Å². The van der Waals surface area contributed by atoms with Crippen molar-refractivity contribution in [2.45, 2.75) is 198 Å². The van der Waals surface area contributed by atoms with Crippen LogP contribution < -0.4 is 0 Å². The smallest absolute Gasteiger partial charge is 0.462 e. The molecule has 0 aromatic rings. The van der Waals surface area contributed by atoms with Crippen molar-refractivity contribution in [2.24, 2.45) is 0 Å². The summed E-state index contributed by atoms with van der Waals surface area (Å²) in [6.45, 7) is 3.09. The second kappa shape index (κ2) is 35.2. The Kier molecular flexibility index (Phi) is 32.5. The standard InChI is InChI=1S/C45H77O13P/c1-3-5-7-9-11-13-15-17-19-21-23-25-27-29-31-33-38(46)55-35-37(36-56-59(53,54)58-45-43(51)41(49)40(48)42(50)44(45)52)57-39(47)34-32-30-28-26-24-22-20-18-16-14-12-10-8-6-4-2/h6,8,10,12,14,16,18,20,27,29,37,40-45,48-52H,3-5,7,9,11,13,15,17,19,21-26,28,30-36H2,1-2H3,(H,53,54)/b8-6+,12-10+,16-14+,20-18+,29-27+/t37-,40?,41-,42?,43?,44?,45?/m1/s1. The first-order valence-corrected chi connectivity index (χ1v) is 23.6. The van der Waals surface area contributed by atoms with Crippen LogP contribution in [0, 0.1) is 0 Å². The van der Waals surface area contributed by atoms with Crippen molar-refractivity contribution in [3.05, 3.63) is 60.8 Å². The van der Waals surface area contributed by atoms with E-state index in [9.17, 15) is 44.6 Å². The molecule has 1 aliphatic carbocycles. The van der Waals surface area contributed by atoms with Gasteiger partial charge in [0.25, 0.3) is 0 Å². The van der Waals surface area contributed by atoms with Gasteiger partial charge in [-0.2, -0.15) is 0 Å². The van der Waals surface area contributed by atoms with Gasteiger partial charge in [-0.1, -0.05) is 158 Å². The predicted octanol–water partition coefficient (Wildman–Crippen LogP) is 8.16. The van der Waals surface area contributed by atoms with Gasteiger partial charge in [0, 0.05) is 12.8 Å². The normalized spacial score (nSPS) is 22.9. The number of carbonyl (C=O) groups is 2. The molecule has 8 atom stereocenters. The summed E-state index contributed by atoms with van der Waals surface area (Å²) < 4.78 is 33.4. The van der Waals surface area contributed by atoms with E-state index < -0.39 is 75.7 Å². The molecule has 0 bridgehead atoms. The zero-order valence-corrected chi connectivity index (χ0v) is 36.7. The Balaban J connectivity index is 2.52. The van der Waals surface area contributed by atoms with Crippen LogP contribution >= 0.6 is 7.82 Å². The zero-order valence-electron chi connectivity index (χ0n) is 35.8. The molecule has 6 N–H and O–H groups in total. The van der Waals surface area contributed by atoms with Crippen molar-refractivity contribution in [2.75, 3.05) is 13.2 Å². The molecule has 0 aliphatic heterocycles. The van der Waals surface area contributed by atoms with Gasteiger partial charge in [0.05, 0.1) is 6.61 Å². The molecule has 0 amide bonds. The number of allylic oxidation sites excluding steroid dienone is 10. The fourth-order valence-electron chi connectivity index (χ4n) is 6.37. The first kappa shape index (κ1) is 54.6. The molecule has 1 fully saturated rings. The van der Waals surface area contributed by atoms with Crippen LogP contribution in [0.3, 0.4) is 0 Å². The maximum Gasteiger partial charge on any atom is 0.472 e. The number of hydrogen-bond acceptors (Lipinski definition) is 12. The third-order valence-corrected chi connectivity index (χ3v) is 10.9. The molecule has 1 aliphatic rings. The van der Waals surface area contributed by atoms with Crippen LogP contribution in [0.2, 0.25) is 0 Å². The van der Waals surface area contributed by atoms with Crippen molar-refractivity contribution in [3.8, 4) is 0 Å². The maximum absolute atomic E-state index is 12.8. The Bertz CT molecular complexity index is 1270. The number of hydrogen-bond donors (Lipinski definition) is 6. The van der Waals surface area contributed by atoms with E-state index in [1.165, 1.54) is 64.2 Å². The number of carbonyl (C=O) groups excluding carboxylic acids is 2. The molecular weight excluding hydrogens is 779 g/mol. The molecule has 1 saturated carbocycles. The van der Waals surface area contributed by atoms with E-state index in [0.717, 1.165) is 51.4 Å². The van der Waals surface area contributed by atoms with Crippen LogP contribution in [0.15, 0.2) is 60.8 Å². The van der Waals surface area contributed by atoms with Gasteiger partial charge in [-0.3, -0.25) is 18.6 Å². The number of ether oxygens (including phenoxy) is 2. The molecular formula is C45H77O13P. The van der Waals surface area contributed by atoms with Gasteiger partial charge in [0.2, 0.25) is 0 Å². The summed E-state index contributed by atoms with van der Waals surface area (Å²) in [7, 11) is -5.13. The quantitative estimate of drug-likeness (QED) is 0.0117. The summed E-state index contributed by atoms with van der Waals surface area (Å²) in [6.07, 6.45) is 28.6. The molecule has 340 valence electrons. The van der Waals surface area contributed by atoms with E-state index in [2.05, 4.69) is 32.1 Å². The van der Waals surface area contributed by atoms with E-state index in [4.69, 9.17) is 18.5 Å². The minimum Gasteiger partial charge on any atom is -0.462 e. The predicted molar refractivity (Wildman–Crippen MR) is 230 cm³/mol. The number of rotatable bonds is 35. The van der Waals surface area contributed by atoms with E-state index >= 15 is 0 Å². The fourth-order valence-corrected chi connectivity index (χ4v) is 7.35. The van der Waals surface area contributed by atoms with Crippen LogP contribution in [-0.2, 0) is 32.7 Å². The SMILES string of the molecule is CC/C=C/C=C/C=C/C=C/CCCCCCCC(=O)O[C@H](COC(=O)CC/C=C/CCCCCCCCCCCCC)COP(=O)(O)OC1C(O)C(O)C(O)[C@@H](O)C1O. The van der Waals surface area contributed by atoms with E-state index in [-0.39, 0.29) is 12.8 Å². The van der Waals surface area contributed by atoms with Gasteiger partial charge < -0.3 is 39.9 Å². The first-order chi connectivity index (χ1) is 28.4. The highest BCUT2D eigenvalue weighted by atomic mass is 31.2. The number of aliphatic hydroxyl groups excluding tert-OH is 5. The average Bonchev–Trinajstić information content (AvgIpc) is 3.21. The Morgan fingerprint density at radius 1 is 0.542 bits per heavy atom. The number of unbranched alkanes of at least 4 members (excludes halogenated alkanes) is 16. The maximum atomic E-state index is 12.8.